The van der Waals surface area contributed by atoms with Crippen molar-refractivity contribution >= 4 is 33.4 Å². The summed E-state index contributed by atoms with van der Waals surface area (Å²) >= 11 is 0. The number of nitrogens with zero attached hydrogens (tertiary/aromatic N) is 2. The summed E-state index contributed by atoms with van der Waals surface area (Å²) in [7, 11) is -3.67. The Hall–Kier alpha value is -1.93. The quantitative estimate of drug-likeness (QED) is 0.814. The van der Waals surface area contributed by atoms with E-state index in [-0.39, 0.29) is 30.1 Å². The molecule has 2 aliphatic heterocycles. The predicted molar refractivity (Wildman–Crippen MR) is 100 cm³/mol. The molecule has 1 aromatic rings. The molecule has 2 amide bonds. The van der Waals surface area contributed by atoms with Crippen LogP contribution in [0.2, 0.25) is 0 Å². The third-order valence-electron chi connectivity index (χ3n) is 5.16. The van der Waals surface area contributed by atoms with E-state index in [0.717, 1.165) is 23.3 Å². The highest BCUT2D eigenvalue weighted by Gasteiger charge is 2.33. The van der Waals surface area contributed by atoms with Gasteiger partial charge in [0.2, 0.25) is 11.8 Å². The Labute approximate surface area is 154 Å². The standard InChI is InChI=1S/C18H25N3O4S/c1-13-4-5-14(12-15(13)21-16(22)6-7-17(21)23)19-26(24,25)20-10-8-18(2,3)9-11-20/h4-5,12,19H,6-11H2,1-3H3. The minimum atomic E-state index is -3.67. The lowest BCUT2D eigenvalue weighted by atomic mass is 9.83. The van der Waals surface area contributed by atoms with Crippen LogP contribution in [0.25, 0.3) is 0 Å². The van der Waals surface area contributed by atoms with Crippen molar-refractivity contribution in [1.82, 2.24) is 4.31 Å². The first-order chi connectivity index (χ1) is 12.1. The molecular formula is C18H25N3O4S. The molecule has 2 saturated heterocycles. The van der Waals surface area contributed by atoms with Crippen LogP contribution >= 0.6 is 0 Å². The molecule has 0 unspecified atom stereocenters. The fraction of sp³-hybridized carbons (Fsp3) is 0.556. The molecule has 2 heterocycles. The third kappa shape index (κ3) is 3.76. The van der Waals surface area contributed by atoms with Crippen molar-refractivity contribution in [3.05, 3.63) is 23.8 Å². The van der Waals surface area contributed by atoms with Crippen molar-refractivity contribution in [3.8, 4) is 0 Å². The van der Waals surface area contributed by atoms with Crippen molar-refractivity contribution < 1.29 is 18.0 Å². The van der Waals surface area contributed by atoms with E-state index >= 15 is 0 Å². The predicted octanol–water partition coefficient (Wildman–Crippen LogP) is 2.43. The van der Waals surface area contributed by atoms with Gasteiger partial charge in [0.15, 0.2) is 0 Å². The van der Waals surface area contributed by atoms with Gasteiger partial charge in [0, 0.05) is 25.9 Å². The van der Waals surface area contributed by atoms with E-state index in [2.05, 4.69) is 18.6 Å². The van der Waals surface area contributed by atoms with E-state index in [1.54, 1.807) is 25.1 Å². The van der Waals surface area contributed by atoms with Gasteiger partial charge in [-0.3, -0.25) is 19.2 Å². The van der Waals surface area contributed by atoms with Crippen LogP contribution in [-0.4, -0.2) is 37.6 Å². The number of hydrogen-bond acceptors (Lipinski definition) is 4. The van der Waals surface area contributed by atoms with Gasteiger partial charge in [0.1, 0.15) is 0 Å². The van der Waals surface area contributed by atoms with E-state index in [4.69, 9.17) is 0 Å². The van der Waals surface area contributed by atoms with Gasteiger partial charge >= 0.3 is 10.2 Å². The fourth-order valence-electron chi connectivity index (χ4n) is 3.30. The monoisotopic (exact) mass is 379 g/mol. The molecule has 1 N–H and O–H groups in total. The molecular weight excluding hydrogens is 354 g/mol. The van der Waals surface area contributed by atoms with Gasteiger partial charge in [-0.1, -0.05) is 19.9 Å². The first-order valence-electron chi connectivity index (χ1n) is 8.83. The maximum absolute atomic E-state index is 12.7. The molecule has 0 spiro atoms. The number of anilines is 2. The zero-order valence-corrected chi connectivity index (χ0v) is 16.2. The molecule has 0 bridgehead atoms. The van der Waals surface area contributed by atoms with Gasteiger partial charge in [-0.05, 0) is 42.9 Å². The number of hydrogen-bond donors (Lipinski definition) is 1. The maximum atomic E-state index is 12.7. The average Bonchev–Trinajstić information content (AvgIpc) is 2.87. The largest absolute Gasteiger partial charge is 0.301 e. The van der Waals surface area contributed by atoms with Crippen molar-refractivity contribution in [2.24, 2.45) is 5.41 Å². The van der Waals surface area contributed by atoms with Gasteiger partial charge < -0.3 is 0 Å². The lowest BCUT2D eigenvalue weighted by Crippen LogP contribution is -2.43. The highest BCUT2D eigenvalue weighted by molar-refractivity contribution is 7.90. The van der Waals surface area contributed by atoms with Crippen molar-refractivity contribution in [3.63, 3.8) is 0 Å². The first kappa shape index (κ1) is 18.8. The molecule has 8 heteroatoms. The Kier molecular flexibility index (Phi) is 4.83. The first-order valence-corrected chi connectivity index (χ1v) is 10.3. The van der Waals surface area contributed by atoms with Crippen molar-refractivity contribution in [2.75, 3.05) is 22.7 Å². The zero-order valence-electron chi connectivity index (χ0n) is 15.4. The number of carbonyl (C=O) groups is 2. The van der Waals surface area contributed by atoms with E-state index in [1.807, 2.05) is 0 Å². The van der Waals surface area contributed by atoms with Crippen LogP contribution in [0.5, 0.6) is 0 Å². The van der Waals surface area contributed by atoms with Crippen LogP contribution in [0.15, 0.2) is 18.2 Å². The Morgan fingerprint density at radius 3 is 2.19 bits per heavy atom. The summed E-state index contributed by atoms with van der Waals surface area (Å²) in [5.74, 6) is -0.507. The molecule has 1 aromatic carbocycles. The van der Waals surface area contributed by atoms with Gasteiger partial charge in [-0.2, -0.15) is 12.7 Å². The molecule has 0 aliphatic carbocycles. The zero-order chi connectivity index (χ0) is 19.1. The van der Waals surface area contributed by atoms with E-state index < -0.39 is 10.2 Å². The van der Waals surface area contributed by atoms with E-state index in [1.165, 1.54) is 4.31 Å². The number of nitrogens with one attached hydrogen (secondary N) is 1. The normalized spacial score (nSPS) is 21.3. The van der Waals surface area contributed by atoms with Gasteiger partial charge in [0.25, 0.3) is 0 Å². The molecule has 2 aliphatic rings. The third-order valence-corrected chi connectivity index (χ3v) is 6.70. The Morgan fingerprint density at radius 1 is 1.04 bits per heavy atom. The lowest BCUT2D eigenvalue weighted by Gasteiger charge is -2.36. The van der Waals surface area contributed by atoms with Crippen LogP contribution < -0.4 is 9.62 Å². The summed E-state index contributed by atoms with van der Waals surface area (Å²) in [6.45, 7) is 7.02. The maximum Gasteiger partial charge on any atom is 0.301 e. The highest BCUT2D eigenvalue weighted by Crippen LogP contribution is 2.32. The van der Waals surface area contributed by atoms with Gasteiger partial charge in [-0.25, -0.2) is 0 Å². The second kappa shape index (κ2) is 6.66. The molecule has 142 valence electrons. The number of amides is 2. The minimum absolute atomic E-state index is 0.152. The number of benzene rings is 1. The fourth-order valence-corrected chi connectivity index (χ4v) is 4.52. The Morgan fingerprint density at radius 2 is 1.62 bits per heavy atom. The van der Waals surface area contributed by atoms with E-state index in [9.17, 15) is 18.0 Å². The van der Waals surface area contributed by atoms with Crippen molar-refractivity contribution in [1.29, 1.82) is 0 Å². The van der Waals surface area contributed by atoms with Crippen LogP contribution in [0.3, 0.4) is 0 Å². The summed E-state index contributed by atoms with van der Waals surface area (Å²) < 4.78 is 29.4. The second-order valence-corrected chi connectivity index (χ2v) is 9.47. The number of piperidine rings is 1. The molecule has 3 rings (SSSR count). The average molecular weight is 379 g/mol. The molecule has 0 atom stereocenters. The Bertz CT molecular complexity index is 822. The molecule has 7 nitrogen and oxygen atoms in total. The number of aryl methyl sites for hydroxylation is 1. The molecule has 2 fully saturated rings. The summed E-state index contributed by atoms with van der Waals surface area (Å²) in [5, 5.41) is 0. The van der Waals surface area contributed by atoms with Crippen LogP contribution in [0.4, 0.5) is 11.4 Å². The summed E-state index contributed by atoms with van der Waals surface area (Å²) in [6, 6.07) is 4.92. The SMILES string of the molecule is Cc1ccc(NS(=O)(=O)N2CCC(C)(C)CC2)cc1N1C(=O)CCC1=O. The topological polar surface area (TPSA) is 86.8 Å². The van der Waals surface area contributed by atoms with Gasteiger partial charge in [-0.15, -0.1) is 0 Å². The molecule has 0 radical (unpaired) electrons. The molecule has 0 aromatic heterocycles. The summed E-state index contributed by atoms with van der Waals surface area (Å²) in [5.41, 5.74) is 1.69. The Balaban J connectivity index is 1.81. The van der Waals surface area contributed by atoms with E-state index in [0.29, 0.717) is 24.5 Å². The van der Waals surface area contributed by atoms with Crippen LogP contribution in [0, 0.1) is 12.3 Å². The second-order valence-electron chi connectivity index (χ2n) is 7.79. The summed E-state index contributed by atoms with van der Waals surface area (Å²) in [6.07, 6.45) is 2.00. The number of carbonyl (C=O) groups excluding carboxylic acids is 2. The smallest absolute Gasteiger partial charge is 0.274 e. The molecule has 26 heavy (non-hydrogen) atoms. The highest BCUT2D eigenvalue weighted by atomic mass is 32.2. The summed E-state index contributed by atoms with van der Waals surface area (Å²) in [4.78, 5) is 25.2. The van der Waals surface area contributed by atoms with Crippen molar-refractivity contribution in [2.45, 2.75) is 46.5 Å². The van der Waals surface area contributed by atoms with Gasteiger partial charge in [0.05, 0.1) is 11.4 Å². The number of rotatable bonds is 4. The number of imide groups is 1. The molecule has 0 saturated carbocycles. The lowest BCUT2D eigenvalue weighted by molar-refractivity contribution is -0.121. The van der Waals surface area contributed by atoms with Crippen LogP contribution in [0.1, 0.15) is 45.1 Å². The van der Waals surface area contributed by atoms with Crippen LogP contribution in [-0.2, 0) is 19.8 Å². The minimum Gasteiger partial charge on any atom is -0.274 e.